The summed E-state index contributed by atoms with van der Waals surface area (Å²) in [6.07, 6.45) is 0.618. The predicted molar refractivity (Wildman–Crippen MR) is 98.0 cm³/mol. The summed E-state index contributed by atoms with van der Waals surface area (Å²) in [5, 5.41) is 49.6. The van der Waals surface area contributed by atoms with E-state index in [9.17, 15) is 25.5 Å². The Bertz CT molecular complexity index is 963. The lowest BCUT2D eigenvalue weighted by Crippen LogP contribution is -1.96. The minimum absolute atomic E-state index is 0.0369. The summed E-state index contributed by atoms with van der Waals surface area (Å²) in [5.41, 5.74) is 3.17. The van der Waals surface area contributed by atoms with Crippen LogP contribution in [0.3, 0.4) is 0 Å². The van der Waals surface area contributed by atoms with Crippen LogP contribution in [0.2, 0.25) is 0 Å². The molecule has 3 aromatic rings. The molecule has 5 nitrogen and oxygen atoms in total. The maximum Gasteiger partial charge on any atom is 0.122 e. The molecule has 26 heavy (non-hydrogen) atoms. The molecule has 134 valence electrons. The SMILES string of the molecule is Cc1cc(Cc2cc(O)ccc2O)cc(Cc2cc(O)ccc2O)c1O. The largest absolute Gasteiger partial charge is 0.508 e. The second-order valence-electron chi connectivity index (χ2n) is 6.40. The second kappa shape index (κ2) is 6.88. The van der Waals surface area contributed by atoms with E-state index in [4.69, 9.17) is 0 Å². The summed E-state index contributed by atoms with van der Waals surface area (Å²) in [6.45, 7) is 1.77. The van der Waals surface area contributed by atoms with Crippen LogP contribution in [0, 0.1) is 6.92 Å². The molecule has 0 aliphatic rings. The predicted octanol–water partition coefficient (Wildman–Crippen LogP) is 3.70. The van der Waals surface area contributed by atoms with E-state index in [2.05, 4.69) is 0 Å². The van der Waals surface area contributed by atoms with E-state index in [-0.39, 0.29) is 35.2 Å². The van der Waals surface area contributed by atoms with Crippen molar-refractivity contribution in [2.45, 2.75) is 19.8 Å². The van der Waals surface area contributed by atoms with E-state index in [0.717, 1.165) is 5.56 Å². The number of rotatable bonds is 4. The molecular formula is C21H20O5. The summed E-state index contributed by atoms with van der Waals surface area (Å²) in [7, 11) is 0. The number of aryl methyl sites for hydroxylation is 1. The van der Waals surface area contributed by atoms with Crippen molar-refractivity contribution in [3.63, 3.8) is 0 Å². The molecule has 3 aromatic carbocycles. The maximum atomic E-state index is 10.4. The summed E-state index contributed by atoms with van der Waals surface area (Å²) in [4.78, 5) is 0. The van der Waals surface area contributed by atoms with Gasteiger partial charge in [0.1, 0.15) is 28.7 Å². The molecule has 0 aliphatic carbocycles. The van der Waals surface area contributed by atoms with Gasteiger partial charge in [0.2, 0.25) is 0 Å². The quantitative estimate of drug-likeness (QED) is 0.461. The number of aromatic hydroxyl groups is 5. The van der Waals surface area contributed by atoms with Gasteiger partial charge >= 0.3 is 0 Å². The molecule has 0 spiro atoms. The standard InChI is InChI=1S/C21H20O5/c1-12-6-13(7-14-10-17(22)2-4-19(14)24)8-16(21(12)26)9-15-11-18(23)3-5-20(15)25/h2-6,8,10-11,22-26H,7,9H2,1H3. The van der Waals surface area contributed by atoms with Crippen LogP contribution >= 0.6 is 0 Å². The topological polar surface area (TPSA) is 101 Å². The molecule has 0 saturated carbocycles. The molecule has 0 aliphatic heterocycles. The number of benzene rings is 3. The second-order valence-corrected chi connectivity index (χ2v) is 6.40. The molecule has 0 amide bonds. The van der Waals surface area contributed by atoms with Gasteiger partial charge < -0.3 is 25.5 Å². The fourth-order valence-corrected chi connectivity index (χ4v) is 3.02. The van der Waals surface area contributed by atoms with Crippen LogP contribution in [0.15, 0.2) is 48.5 Å². The number of hydrogen-bond donors (Lipinski definition) is 5. The minimum atomic E-state index is 0.0369. The molecule has 0 atom stereocenters. The fraction of sp³-hybridized carbons (Fsp3) is 0.143. The number of hydrogen-bond acceptors (Lipinski definition) is 5. The third-order valence-corrected chi connectivity index (χ3v) is 4.34. The van der Waals surface area contributed by atoms with E-state index in [0.29, 0.717) is 28.7 Å². The molecular weight excluding hydrogens is 332 g/mol. The van der Waals surface area contributed by atoms with Gasteiger partial charge in [-0.05, 0) is 60.0 Å². The van der Waals surface area contributed by atoms with Gasteiger partial charge in [0.05, 0.1) is 0 Å². The van der Waals surface area contributed by atoms with Crippen molar-refractivity contribution < 1.29 is 25.5 Å². The Kier molecular flexibility index (Phi) is 4.63. The molecule has 0 aromatic heterocycles. The first-order chi connectivity index (χ1) is 12.3. The first-order valence-electron chi connectivity index (χ1n) is 8.16. The van der Waals surface area contributed by atoms with Crippen LogP contribution < -0.4 is 0 Å². The molecule has 3 rings (SSSR count). The molecule has 0 saturated heterocycles. The van der Waals surface area contributed by atoms with Gasteiger partial charge in [-0.25, -0.2) is 0 Å². The highest BCUT2D eigenvalue weighted by Gasteiger charge is 2.13. The molecule has 0 bridgehead atoms. The zero-order valence-electron chi connectivity index (χ0n) is 14.3. The highest BCUT2D eigenvalue weighted by Crippen LogP contribution is 2.32. The van der Waals surface area contributed by atoms with Crippen molar-refractivity contribution in [2.75, 3.05) is 0 Å². The van der Waals surface area contributed by atoms with Crippen molar-refractivity contribution in [3.05, 3.63) is 76.3 Å². The van der Waals surface area contributed by atoms with Crippen LogP contribution in [-0.4, -0.2) is 25.5 Å². The summed E-state index contributed by atoms with van der Waals surface area (Å²) < 4.78 is 0. The van der Waals surface area contributed by atoms with Crippen molar-refractivity contribution in [2.24, 2.45) is 0 Å². The third-order valence-electron chi connectivity index (χ3n) is 4.34. The summed E-state index contributed by atoms with van der Waals surface area (Å²) in [6, 6.07) is 12.2. The Balaban J connectivity index is 1.97. The monoisotopic (exact) mass is 352 g/mol. The summed E-state index contributed by atoms with van der Waals surface area (Å²) >= 11 is 0. The summed E-state index contributed by atoms with van der Waals surface area (Å²) in [5.74, 6) is 0.348. The van der Waals surface area contributed by atoms with Gasteiger partial charge in [0, 0.05) is 24.0 Å². The van der Waals surface area contributed by atoms with Gasteiger partial charge in [-0.15, -0.1) is 0 Å². The van der Waals surface area contributed by atoms with Crippen molar-refractivity contribution >= 4 is 0 Å². The Morgan fingerprint density at radius 1 is 0.615 bits per heavy atom. The van der Waals surface area contributed by atoms with E-state index >= 15 is 0 Å². The number of phenols is 5. The highest BCUT2D eigenvalue weighted by molar-refractivity contribution is 5.50. The Labute approximate surface area is 151 Å². The van der Waals surface area contributed by atoms with Crippen LogP contribution in [0.5, 0.6) is 28.7 Å². The van der Waals surface area contributed by atoms with E-state index < -0.39 is 0 Å². The Morgan fingerprint density at radius 3 is 1.73 bits per heavy atom. The van der Waals surface area contributed by atoms with Gasteiger partial charge in [-0.3, -0.25) is 0 Å². The molecule has 0 heterocycles. The molecule has 0 fully saturated rings. The van der Waals surface area contributed by atoms with E-state index in [1.807, 2.05) is 6.07 Å². The van der Waals surface area contributed by atoms with Gasteiger partial charge in [0.15, 0.2) is 0 Å². The van der Waals surface area contributed by atoms with E-state index in [1.165, 1.54) is 36.4 Å². The molecule has 0 radical (unpaired) electrons. The average molecular weight is 352 g/mol. The normalized spacial score (nSPS) is 10.8. The van der Waals surface area contributed by atoms with E-state index in [1.54, 1.807) is 13.0 Å². The lowest BCUT2D eigenvalue weighted by atomic mass is 9.95. The van der Waals surface area contributed by atoms with Gasteiger partial charge in [-0.2, -0.15) is 0 Å². The van der Waals surface area contributed by atoms with Gasteiger partial charge in [-0.1, -0.05) is 12.1 Å². The number of phenolic OH excluding ortho intramolecular Hbond substituents is 5. The molecule has 0 unspecified atom stereocenters. The Hall–Kier alpha value is -3.34. The van der Waals surface area contributed by atoms with Crippen molar-refractivity contribution in [1.29, 1.82) is 0 Å². The van der Waals surface area contributed by atoms with Crippen LogP contribution in [0.25, 0.3) is 0 Å². The first kappa shape index (κ1) is 17.5. The van der Waals surface area contributed by atoms with Crippen molar-refractivity contribution in [1.82, 2.24) is 0 Å². The van der Waals surface area contributed by atoms with Crippen LogP contribution in [0.1, 0.15) is 27.8 Å². The molecule has 5 N–H and O–H groups in total. The molecule has 5 heteroatoms. The fourth-order valence-electron chi connectivity index (χ4n) is 3.02. The first-order valence-corrected chi connectivity index (χ1v) is 8.16. The van der Waals surface area contributed by atoms with Crippen molar-refractivity contribution in [3.8, 4) is 28.7 Å². The van der Waals surface area contributed by atoms with Gasteiger partial charge in [0.25, 0.3) is 0 Å². The minimum Gasteiger partial charge on any atom is -0.508 e. The highest BCUT2D eigenvalue weighted by atomic mass is 16.3. The average Bonchev–Trinajstić information content (AvgIpc) is 2.59. The lowest BCUT2D eigenvalue weighted by Gasteiger charge is -2.13. The zero-order chi connectivity index (χ0) is 18.8. The maximum absolute atomic E-state index is 10.4. The Morgan fingerprint density at radius 2 is 1.15 bits per heavy atom. The van der Waals surface area contributed by atoms with Crippen LogP contribution in [0.4, 0.5) is 0 Å². The lowest BCUT2D eigenvalue weighted by molar-refractivity contribution is 0.451. The smallest absolute Gasteiger partial charge is 0.122 e. The zero-order valence-corrected chi connectivity index (χ0v) is 14.3. The van der Waals surface area contributed by atoms with Crippen LogP contribution in [-0.2, 0) is 12.8 Å². The third kappa shape index (κ3) is 3.67.